The van der Waals surface area contributed by atoms with Crippen molar-refractivity contribution in [2.24, 2.45) is 155 Å². The van der Waals surface area contributed by atoms with Gasteiger partial charge < -0.3 is 14.4 Å². The average molecular weight is 1590 g/mol. The van der Waals surface area contributed by atoms with Gasteiger partial charge in [0.1, 0.15) is 0 Å². The molecule has 29 aliphatic rings. The van der Waals surface area contributed by atoms with E-state index in [1.54, 1.807) is 257 Å². The van der Waals surface area contributed by atoms with Crippen molar-refractivity contribution in [3.63, 3.8) is 0 Å². The summed E-state index contributed by atoms with van der Waals surface area (Å²) in [5.74, 6) is 29.2. The van der Waals surface area contributed by atoms with E-state index < -0.39 is 0 Å². The molecule has 4 heteroatoms. The topological polar surface area (TPSA) is 24.3 Å². The molecular formula is C110H208N4. The second-order valence-corrected chi connectivity index (χ2v) is 40.9. The lowest BCUT2D eigenvalue weighted by Crippen LogP contribution is -2.53. The summed E-state index contributed by atoms with van der Waals surface area (Å²) in [4.78, 5) is 8.90. The van der Waals surface area contributed by atoms with Gasteiger partial charge in [-0.1, -0.05) is 296 Å². The molecule has 0 radical (unpaired) electrons. The minimum Gasteiger partial charge on any atom is -0.341 e. The molecule has 0 N–H and O–H groups in total. The van der Waals surface area contributed by atoms with E-state index >= 15 is 0 Å². The lowest BCUT2D eigenvalue weighted by molar-refractivity contribution is -0.0169. The Bertz CT molecular complexity index is 2200. The number of aromatic nitrogens is 2. The van der Waals surface area contributed by atoms with Crippen molar-refractivity contribution >= 4 is 0 Å². The van der Waals surface area contributed by atoms with Gasteiger partial charge in [0.05, 0.1) is 6.33 Å². The van der Waals surface area contributed by atoms with E-state index in [-0.39, 0.29) is 0 Å². The van der Waals surface area contributed by atoms with Crippen molar-refractivity contribution < 1.29 is 0 Å². The van der Waals surface area contributed by atoms with Gasteiger partial charge in [0.15, 0.2) is 0 Å². The quantitative estimate of drug-likeness (QED) is 0.242. The third-order valence-corrected chi connectivity index (χ3v) is 33.4. The number of piperidine rings is 3. The molecule has 4 aliphatic heterocycles. The highest BCUT2D eigenvalue weighted by Crippen LogP contribution is 2.70. The lowest BCUT2D eigenvalue weighted by Gasteiger charge is -2.51. The minimum absolute atomic E-state index is 1.04. The molecule has 25 aliphatic carbocycles. The van der Waals surface area contributed by atoms with Crippen LogP contribution in [0.1, 0.15) is 478 Å². The van der Waals surface area contributed by atoms with E-state index in [1.807, 2.05) is 154 Å². The molecular weight excluding hydrogens is 1380 g/mol. The van der Waals surface area contributed by atoms with Gasteiger partial charge in [0, 0.05) is 39.1 Å². The van der Waals surface area contributed by atoms with Crippen molar-refractivity contribution in [2.45, 2.75) is 478 Å². The van der Waals surface area contributed by atoms with Crippen LogP contribution in [0.25, 0.3) is 0 Å². The van der Waals surface area contributed by atoms with Crippen molar-refractivity contribution in [1.82, 2.24) is 19.4 Å². The number of aryl methyl sites for hydroxylation is 1. The van der Waals surface area contributed by atoms with Gasteiger partial charge in [-0.25, -0.2) is 4.98 Å². The molecule has 668 valence electrons. The van der Waals surface area contributed by atoms with Crippen LogP contribution >= 0.6 is 0 Å². The molecule has 26 bridgehead atoms. The van der Waals surface area contributed by atoms with Gasteiger partial charge >= 0.3 is 0 Å². The van der Waals surface area contributed by atoms with Crippen molar-refractivity contribution in [2.75, 3.05) is 39.8 Å². The zero-order valence-corrected chi connectivity index (χ0v) is 81.4. The average Bonchev–Trinajstić information content (AvgIpc) is 1.55. The number of fused-ring (bicyclic) bond motifs is 12. The monoisotopic (exact) mass is 1590 g/mol. The molecule has 0 aromatic carbocycles. The third-order valence-electron chi connectivity index (χ3n) is 33.4. The van der Waals surface area contributed by atoms with Crippen LogP contribution in [-0.2, 0) is 7.05 Å². The Labute approximate surface area is 717 Å². The highest BCUT2D eigenvalue weighted by Gasteiger charge is 2.62. The Morgan fingerprint density at radius 1 is 0.254 bits per heavy atom. The summed E-state index contributed by atoms with van der Waals surface area (Å²) in [6.45, 7) is 43.0. The first-order chi connectivity index (χ1) is 56.2. The van der Waals surface area contributed by atoms with Gasteiger partial charge in [0.25, 0.3) is 0 Å². The standard InChI is InChI=1S/C13H20.C11H18.C9H15N.C9H14.2C9H16.C7H15N.C7H10.2C7H12.C4H6N2.9C2H6/c1-2-7-13-11(5-1)8-10-4-3-6-12(13)9-10;1-2-9-5-10-3-8(1)4-11(6-9)7-10;1-7-2-9-3-8(1)5-10(4-7)6-9;1-6-2-8-4-7(1)5-9(8)3-6;2*1-3-8-5-2-6-9(4-1)7-8;1-8-6-4-2-3-5-7-8;1-4-2-6-5(1)7(6)3-4;1-2-7-4-3-6(1)5-7;1-2-6-4-7(3-1)5-6;1-6-3-2-5-4-6;9*1-2/h10,12H,1-9H2;8-11H,1-7H2;7-9H,1-6H2;6-9H,1-5H2;2*8-9H,1-7H2;2-7H2,1H3;4-7H,1-3H2;2*6-7H,1-5H2;2-4H,1H3;9*1-2H3. The molecule has 2 atom stereocenters. The fourth-order valence-electron chi connectivity index (χ4n) is 29.2. The Kier molecular flexibility index (Phi) is 52.5. The summed E-state index contributed by atoms with van der Waals surface area (Å²) in [5, 5.41) is 0. The van der Waals surface area contributed by atoms with E-state index in [0.29, 0.717) is 0 Å². The van der Waals surface area contributed by atoms with Crippen LogP contribution in [0.15, 0.2) is 29.9 Å². The number of likely N-dealkylation sites (tertiary alicyclic amines) is 1. The van der Waals surface area contributed by atoms with Gasteiger partial charge in [-0.05, 0) is 361 Å². The molecule has 27 fully saturated rings. The fourth-order valence-corrected chi connectivity index (χ4v) is 29.2. The number of imidazole rings is 1. The highest BCUT2D eigenvalue weighted by molar-refractivity contribution is 5.24. The van der Waals surface area contributed by atoms with Gasteiger partial charge in [0.2, 0.25) is 0 Å². The SMILES string of the molecule is C1C2CC3C1C3C2.C1C2CC3CC1CC3C2.C1C2CC3CC1CN(C2)C3.C1CC2CC(C1)C2.C1CC2CC3CC1CC(C2)C3.C1CC2CCC1C2.C1CC2CCCC(C1)C2.C1CC2CCCC(C1)C2.C1CCC2=C(C1)CC1CCCC2C1.CC.CC.CC.CC.CC.CC.CC.CC.CC.CN1CCCCCC1.Cn1ccnc1. The zero-order chi connectivity index (χ0) is 82.6. The summed E-state index contributed by atoms with van der Waals surface area (Å²) in [6.07, 6.45) is 90.8. The summed E-state index contributed by atoms with van der Waals surface area (Å²) in [5.41, 5.74) is 3.84. The summed E-state index contributed by atoms with van der Waals surface area (Å²) in [7, 11) is 4.15. The van der Waals surface area contributed by atoms with Crippen LogP contribution in [0.2, 0.25) is 0 Å². The normalized spacial score (nSPS) is 39.3. The first kappa shape index (κ1) is 102. The first-order valence-electron chi connectivity index (χ1n) is 54.2. The molecule has 4 nitrogen and oxygen atoms in total. The lowest BCUT2D eigenvalue weighted by atomic mass is 9.65. The number of rotatable bonds is 0. The van der Waals surface area contributed by atoms with Crippen LogP contribution in [0, 0.1) is 148 Å². The van der Waals surface area contributed by atoms with Crippen LogP contribution in [-0.4, -0.2) is 59.1 Å². The largest absolute Gasteiger partial charge is 0.341 e. The molecule has 0 spiro atoms. The van der Waals surface area contributed by atoms with Crippen LogP contribution in [0.4, 0.5) is 0 Å². The molecule has 1 aromatic rings. The predicted octanol–water partition coefficient (Wildman–Crippen LogP) is 34.2. The Hall–Kier alpha value is -1.13. The van der Waals surface area contributed by atoms with Crippen LogP contribution in [0.3, 0.4) is 0 Å². The van der Waals surface area contributed by atoms with E-state index in [4.69, 9.17) is 0 Å². The molecule has 4 saturated heterocycles. The Morgan fingerprint density at radius 2 is 0.544 bits per heavy atom. The van der Waals surface area contributed by atoms with E-state index in [1.165, 1.54) is 225 Å². The van der Waals surface area contributed by atoms with Gasteiger partial charge in [-0.2, -0.15) is 0 Å². The summed E-state index contributed by atoms with van der Waals surface area (Å²) < 4.78 is 1.89. The van der Waals surface area contributed by atoms with Crippen LogP contribution in [0.5, 0.6) is 0 Å². The number of hydrogen-bond acceptors (Lipinski definition) is 3. The highest BCUT2D eigenvalue weighted by atomic mass is 15.2. The zero-order valence-electron chi connectivity index (χ0n) is 81.4. The molecule has 114 heavy (non-hydrogen) atoms. The number of allylic oxidation sites excluding steroid dienone is 2. The molecule has 0 amide bonds. The van der Waals surface area contributed by atoms with E-state index in [0.717, 1.165) is 65.1 Å². The molecule has 30 rings (SSSR count). The fraction of sp³-hybridized carbons (Fsp3) is 0.955. The van der Waals surface area contributed by atoms with Gasteiger partial charge in [-0.3, -0.25) is 0 Å². The number of hydrogen-bond donors (Lipinski definition) is 0. The smallest absolute Gasteiger partial charge is 0.0943 e. The maximum atomic E-state index is 3.78. The van der Waals surface area contributed by atoms with Crippen LogP contribution < -0.4 is 0 Å². The summed E-state index contributed by atoms with van der Waals surface area (Å²) >= 11 is 0. The van der Waals surface area contributed by atoms with E-state index in [2.05, 4.69) is 21.8 Å². The second-order valence-electron chi connectivity index (χ2n) is 40.9. The molecule has 2 unspecified atom stereocenters. The predicted molar refractivity (Wildman–Crippen MR) is 507 cm³/mol. The first-order valence-corrected chi connectivity index (χ1v) is 54.2. The maximum absolute atomic E-state index is 3.78. The second kappa shape index (κ2) is 58.8. The number of nitrogens with zero attached hydrogens (tertiary/aromatic N) is 4. The molecule has 23 saturated carbocycles. The van der Waals surface area contributed by atoms with E-state index in [9.17, 15) is 0 Å². The summed E-state index contributed by atoms with van der Waals surface area (Å²) in [6, 6.07) is 0. The molecule has 1 aromatic heterocycles. The maximum Gasteiger partial charge on any atom is 0.0943 e. The van der Waals surface area contributed by atoms with Crippen molar-refractivity contribution in [1.29, 1.82) is 0 Å². The Morgan fingerprint density at radius 3 is 0.842 bits per heavy atom. The minimum atomic E-state index is 1.04. The van der Waals surface area contributed by atoms with Gasteiger partial charge in [-0.15, -0.1) is 0 Å². The van der Waals surface area contributed by atoms with Crippen molar-refractivity contribution in [3.8, 4) is 0 Å². The Balaban J connectivity index is 0.000000192. The molecule has 5 heterocycles. The van der Waals surface area contributed by atoms with Crippen molar-refractivity contribution in [3.05, 3.63) is 29.9 Å². The third kappa shape index (κ3) is 33.8.